The molecule has 18 heavy (non-hydrogen) atoms. The van der Waals surface area contributed by atoms with Gasteiger partial charge in [-0.25, -0.2) is 9.97 Å². The van der Waals surface area contributed by atoms with Crippen molar-refractivity contribution in [3.63, 3.8) is 0 Å². The molecule has 2 rings (SSSR count). The predicted molar refractivity (Wildman–Crippen MR) is 75.2 cm³/mol. The van der Waals surface area contributed by atoms with Crippen LogP contribution in [0.25, 0.3) is 0 Å². The third-order valence-corrected chi connectivity index (χ3v) is 4.67. The van der Waals surface area contributed by atoms with E-state index in [1.165, 1.54) is 5.56 Å². The van der Waals surface area contributed by atoms with Gasteiger partial charge in [-0.1, -0.05) is 18.7 Å². The van der Waals surface area contributed by atoms with Crippen molar-refractivity contribution in [1.82, 2.24) is 9.97 Å². The first kappa shape index (κ1) is 13.6. The van der Waals surface area contributed by atoms with Gasteiger partial charge in [0.2, 0.25) is 0 Å². The number of rotatable bonds is 5. The van der Waals surface area contributed by atoms with Crippen LogP contribution in [-0.4, -0.2) is 34.5 Å². The zero-order valence-corrected chi connectivity index (χ0v) is 12.1. The van der Waals surface area contributed by atoms with E-state index in [0.29, 0.717) is 11.4 Å². The van der Waals surface area contributed by atoms with E-state index < -0.39 is 0 Å². The summed E-state index contributed by atoms with van der Waals surface area (Å²) >= 11 is 1.83. The van der Waals surface area contributed by atoms with Gasteiger partial charge >= 0.3 is 0 Å². The van der Waals surface area contributed by atoms with Crippen LogP contribution in [0.2, 0.25) is 0 Å². The van der Waals surface area contributed by atoms with Gasteiger partial charge in [-0.3, -0.25) is 0 Å². The molecule has 2 atom stereocenters. The van der Waals surface area contributed by atoms with Crippen LogP contribution in [0, 0.1) is 0 Å². The van der Waals surface area contributed by atoms with Gasteiger partial charge in [0.1, 0.15) is 17.2 Å². The summed E-state index contributed by atoms with van der Waals surface area (Å²) in [4.78, 5) is 8.77. The number of nitrogens with one attached hydrogen (secondary N) is 1. The monoisotopic (exact) mass is 267 g/mol. The van der Waals surface area contributed by atoms with Gasteiger partial charge in [-0.2, -0.15) is 0 Å². The van der Waals surface area contributed by atoms with Crippen molar-refractivity contribution in [2.24, 2.45) is 0 Å². The Morgan fingerprint density at radius 2 is 2.28 bits per heavy atom. The molecule has 1 aliphatic rings. The molecule has 0 radical (unpaired) electrons. The molecule has 5 heteroatoms. The molecular formula is C13H21N3OS. The van der Waals surface area contributed by atoms with Crippen molar-refractivity contribution < 1.29 is 4.74 Å². The molecule has 1 aliphatic heterocycles. The molecule has 0 bridgehead atoms. The van der Waals surface area contributed by atoms with Crippen molar-refractivity contribution in [3.05, 3.63) is 11.9 Å². The van der Waals surface area contributed by atoms with E-state index >= 15 is 0 Å². The molecule has 100 valence electrons. The fourth-order valence-corrected chi connectivity index (χ4v) is 3.41. The molecule has 0 aromatic carbocycles. The van der Waals surface area contributed by atoms with Crippen LogP contribution in [-0.2, 0) is 11.2 Å². The number of thioether (sulfide) groups is 1. The van der Waals surface area contributed by atoms with Crippen LogP contribution in [0.3, 0.4) is 0 Å². The minimum Gasteiger partial charge on any atom is -0.377 e. The first-order chi connectivity index (χ1) is 8.76. The van der Waals surface area contributed by atoms with Gasteiger partial charge in [0.05, 0.1) is 6.10 Å². The summed E-state index contributed by atoms with van der Waals surface area (Å²) in [7, 11) is 0. The molecule has 2 heterocycles. The highest BCUT2D eigenvalue weighted by Crippen LogP contribution is 2.34. The van der Waals surface area contributed by atoms with Crippen molar-refractivity contribution in [1.29, 1.82) is 0 Å². The molecule has 1 fully saturated rings. The van der Waals surface area contributed by atoms with Crippen LogP contribution in [0.5, 0.6) is 0 Å². The summed E-state index contributed by atoms with van der Waals surface area (Å²) in [5, 5.41) is 4.92. The highest BCUT2D eigenvalue weighted by atomic mass is 32.2. The Morgan fingerprint density at radius 3 is 2.89 bits per heavy atom. The zero-order valence-electron chi connectivity index (χ0n) is 11.3. The lowest BCUT2D eigenvalue weighted by Crippen LogP contribution is -2.14. The lowest BCUT2D eigenvalue weighted by molar-refractivity contribution is 0.127. The van der Waals surface area contributed by atoms with Gasteiger partial charge in [-0.15, -0.1) is 0 Å². The first-order valence-corrected chi connectivity index (χ1v) is 7.50. The Labute approximate surface area is 113 Å². The molecule has 1 N–H and O–H groups in total. The van der Waals surface area contributed by atoms with E-state index in [2.05, 4.69) is 36.1 Å². The minimum absolute atomic E-state index is 0.317. The van der Waals surface area contributed by atoms with Crippen molar-refractivity contribution in [2.75, 3.05) is 18.5 Å². The lowest BCUT2D eigenvalue weighted by Gasteiger charge is -2.16. The Balaban J connectivity index is 2.18. The standard InChI is InChI=1S/C13H21N3OS/c1-4-10-12(14-5-2)15-8-16-13(10)18-11-6-7-17-9(11)3/h8-9,11H,4-7H2,1-3H3,(H,14,15,16). The largest absolute Gasteiger partial charge is 0.377 e. The molecule has 0 spiro atoms. The molecule has 0 aliphatic carbocycles. The fraction of sp³-hybridized carbons (Fsp3) is 0.692. The van der Waals surface area contributed by atoms with Crippen LogP contribution in [0.1, 0.15) is 32.8 Å². The SMILES string of the molecule is CCNc1ncnc(SC2CCOC2C)c1CC. The van der Waals surface area contributed by atoms with Crippen molar-refractivity contribution in [3.8, 4) is 0 Å². The smallest absolute Gasteiger partial charge is 0.133 e. The normalized spacial score (nSPS) is 23.3. The molecule has 1 saturated heterocycles. The Morgan fingerprint density at radius 1 is 1.44 bits per heavy atom. The van der Waals surface area contributed by atoms with Gasteiger partial charge in [-0.05, 0) is 26.7 Å². The second-order valence-electron chi connectivity index (χ2n) is 4.41. The van der Waals surface area contributed by atoms with E-state index in [1.54, 1.807) is 6.33 Å². The second kappa shape index (κ2) is 6.38. The summed E-state index contributed by atoms with van der Waals surface area (Å²) < 4.78 is 5.61. The molecule has 0 saturated carbocycles. The second-order valence-corrected chi connectivity index (χ2v) is 5.64. The summed E-state index contributed by atoms with van der Waals surface area (Å²) in [6.45, 7) is 8.13. The predicted octanol–water partition coefficient (Wildman–Crippen LogP) is 2.74. The van der Waals surface area contributed by atoms with Crippen molar-refractivity contribution in [2.45, 2.75) is 50.0 Å². The Kier molecular flexibility index (Phi) is 4.83. The van der Waals surface area contributed by atoms with Gasteiger partial charge in [0, 0.05) is 24.0 Å². The highest BCUT2D eigenvalue weighted by molar-refractivity contribution is 8.00. The number of aromatic nitrogens is 2. The number of anilines is 1. The minimum atomic E-state index is 0.317. The van der Waals surface area contributed by atoms with Crippen LogP contribution >= 0.6 is 11.8 Å². The van der Waals surface area contributed by atoms with E-state index in [9.17, 15) is 0 Å². The van der Waals surface area contributed by atoms with Gasteiger partial charge in [0.25, 0.3) is 0 Å². The maximum atomic E-state index is 5.61. The molecule has 1 aromatic heterocycles. The fourth-order valence-electron chi connectivity index (χ4n) is 2.15. The molecule has 4 nitrogen and oxygen atoms in total. The topological polar surface area (TPSA) is 47.0 Å². The quantitative estimate of drug-likeness (QED) is 0.831. The number of nitrogens with zero attached hydrogens (tertiary/aromatic N) is 2. The maximum absolute atomic E-state index is 5.61. The Bertz CT molecular complexity index is 400. The number of ether oxygens (including phenoxy) is 1. The zero-order chi connectivity index (χ0) is 13.0. The van der Waals surface area contributed by atoms with Crippen LogP contribution < -0.4 is 5.32 Å². The van der Waals surface area contributed by atoms with E-state index in [-0.39, 0.29) is 0 Å². The first-order valence-electron chi connectivity index (χ1n) is 6.62. The lowest BCUT2D eigenvalue weighted by atomic mass is 10.2. The highest BCUT2D eigenvalue weighted by Gasteiger charge is 2.26. The number of hydrogen-bond acceptors (Lipinski definition) is 5. The molecular weight excluding hydrogens is 246 g/mol. The summed E-state index contributed by atoms with van der Waals surface area (Å²) in [5.74, 6) is 0.976. The van der Waals surface area contributed by atoms with Crippen molar-refractivity contribution >= 4 is 17.6 Å². The van der Waals surface area contributed by atoms with E-state index in [0.717, 1.165) is 36.8 Å². The average Bonchev–Trinajstić information content (AvgIpc) is 2.76. The summed E-state index contributed by atoms with van der Waals surface area (Å²) in [6.07, 6.45) is 4.03. The Hall–Kier alpha value is -0.810. The molecule has 1 aromatic rings. The van der Waals surface area contributed by atoms with Crippen LogP contribution in [0.15, 0.2) is 11.4 Å². The third-order valence-electron chi connectivity index (χ3n) is 3.17. The average molecular weight is 267 g/mol. The van der Waals surface area contributed by atoms with Gasteiger partial charge < -0.3 is 10.1 Å². The number of hydrogen-bond donors (Lipinski definition) is 1. The van der Waals surface area contributed by atoms with Gasteiger partial charge in [0.15, 0.2) is 0 Å². The summed E-state index contributed by atoms with van der Waals surface area (Å²) in [6, 6.07) is 0. The van der Waals surface area contributed by atoms with E-state index in [1.807, 2.05) is 11.8 Å². The molecule has 2 unspecified atom stereocenters. The van der Waals surface area contributed by atoms with Crippen LogP contribution in [0.4, 0.5) is 5.82 Å². The summed E-state index contributed by atoms with van der Waals surface area (Å²) in [5.41, 5.74) is 1.23. The third kappa shape index (κ3) is 2.95. The molecule has 0 amide bonds. The maximum Gasteiger partial charge on any atom is 0.133 e. The van der Waals surface area contributed by atoms with E-state index in [4.69, 9.17) is 4.74 Å².